The number of aliphatic hydroxyl groups excluding tert-OH is 1. The van der Waals surface area contributed by atoms with Gasteiger partial charge in [-0.3, -0.25) is 4.90 Å². The molecule has 0 aliphatic carbocycles. The first-order chi connectivity index (χ1) is 24.5. The number of allylic oxidation sites excluding steroid dienone is 2. The summed E-state index contributed by atoms with van der Waals surface area (Å²) in [6, 6.07) is 4.49. The summed E-state index contributed by atoms with van der Waals surface area (Å²) in [5.74, 6) is -1.70. The standard InChI is InChI=1S/C27H29F2N5O5.C7H12FN.C3H8/c1-4-6-7-8-9-34-13-38-25-20-23(32-26(33-24(20)34)39-27(36)37)21(29)22(31-25)16-11-15(35)10-14(3)19(16)17(12-30)18(28)5-2;8-6-4-7-2-1-3-9(7)5-6;1-3-2/h10-11,27,35-37H,4-9,13H2,1-3H3;6-7H,1-5H2;3H2,1-2H3/b18-17+;;. The normalized spacial score (nSPS) is 18.3. The number of pyridine rings is 1. The predicted octanol–water partition coefficient (Wildman–Crippen LogP) is 7.45. The van der Waals surface area contributed by atoms with Gasteiger partial charge in [-0.25, -0.2) is 18.2 Å². The molecule has 2 aromatic heterocycles. The molecule has 1 aromatic carbocycles. The fourth-order valence-corrected chi connectivity index (χ4v) is 6.60. The molecule has 3 N–H and O–H groups in total. The number of halogens is 3. The Morgan fingerprint density at radius 1 is 1.14 bits per heavy atom. The van der Waals surface area contributed by atoms with Crippen molar-refractivity contribution in [2.45, 2.75) is 111 Å². The fourth-order valence-electron chi connectivity index (χ4n) is 6.60. The minimum absolute atomic E-state index is 0.0114. The van der Waals surface area contributed by atoms with Crippen molar-refractivity contribution < 1.29 is 38.0 Å². The predicted molar refractivity (Wildman–Crippen MR) is 189 cm³/mol. The molecule has 6 rings (SSSR count). The van der Waals surface area contributed by atoms with Crippen LogP contribution in [0.2, 0.25) is 0 Å². The number of unbranched alkanes of at least 4 members (excludes halogenated alkanes) is 3. The van der Waals surface area contributed by atoms with E-state index in [0.717, 1.165) is 38.6 Å². The Balaban J connectivity index is 0.000000408. The first-order valence-corrected chi connectivity index (χ1v) is 17.8. The molecule has 278 valence electrons. The molecule has 2 saturated heterocycles. The quantitative estimate of drug-likeness (QED) is 0.109. The molecule has 2 unspecified atom stereocenters. The second kappa shape index (κ2) is 18.3. The molecule has 51 heavy (non-hydrogen) atoms. The number of nitriles is 1. The molecular formula is C37H49F3N6O5. The summed E-state index contributed by atoms with van der Waals surface area (Å²) in [4.78, 5) is 16.7. The van der Waals surface area contributed by atoms with Gasteiger partial charge in [0, 0.05) is 30.3 Å². The number of phenols is 1. The first kappa shape index (κ1) is 39.6. The molecule has 3 aliphatic rings. The number of aromatic nitrogens is 3. The van der Waals surface area contributed by atoms with Crippen LogP contribution < -0.4 is 14.4 Å². The van der Waals surface area contributed by atoms with Gasteiger partial charge in [0.25, 0.3) is 0 Å². The summed E-state index contributed by atoms with van der Waals surface area (Å²) in [7, 11) is 0. The Hall–Kier alpha value is -4.19. The molecule has 5 heterocycles. The van der Waals surface area contributed by atoms with Crippen LogP contribution in [0, 0.1) is 24.1 Å². The Morgan fingerprint density at radius 3 is 2.53 bits per heavy atom. The monoisotopic (exact) mass is 714 g/mol. The minimum Gasteiger partial charge on any atom is -0.508 e. The van der Waals surface area contributed by atoms with Crippen molar-refractivity contribution in [2.24, 2.45) is 0 Å². The number of rotatable bonds is 10. The highest BCUT2D eigenvalue weighted by atomic mass is 19.1. The van der Waals surface area contributed by atoms with E-state index in [1.165, 1.54) is 31.4 Å². The number of aliphatic hydroxyl groups is 2. The minimum atomic E-state index is -2.25. The summed E-state index contributed by atoms with van der Waals surface area (Å²) < 4.78 is 54.4. The number of phenolic OH excluding ortho intramolecular Hbond substituents is 1. The molecule has 0 amide bonds. The van der Waals surface area contributed by atoms with Crippen molar-refractivity contribution in [3.63, 3.8) is 0 Å². The maximum absolute atomic E-state index is 16.3. The van der Waals surface area contributed by atoms with E-state index in [9.17, 15) is 29.4 Å². The SMILES string of the molecule is CCC.CCCCCCN1COc2nc(-c3cc(O)cc(C)c3/C(C#N)=C(/F)CC)c(F)c3nc(OC(O)O)nc1c23.FC1CC2CCCN2C1. The van der Waals surface area contributed by atoms with Crippen LogP contribution in [-0.4, -0.2) is 80.2 Å². The van der Waals surface area contributed by atoms with Crippen molar-refractivity contribution in [2.75, 3.05) is 31.3 Å². The maximum atomic E-state index is 16.3. The number of fused-ring (bicyclic) bond motifs is 1. The van der Waals surface area contributed by atoms with Crippen LogP contribution in [0.25, 0.3) is 27.7 Å². The third-order valence-corrected chi connectivity index (χ3v) is 8.84. The van der Waals surface area contributed by atoms with Gasteiger partial charge >= 0.3 is 12.5 Å². The van der Waals surface area contributed by atoms with E-state index in [4.69, 9.17) is 9.47 Å². The molecular weight excluding hydrogens is 665 g/mol. The molecule has 2 fully saturated rings. The van der Waals surface area contributed by atoms with Crippen LogP contribution in [0.4, 0.5) is 19.0 Å². The Morgan fingerprint density at radius 2 is 1.88 bits per heavy atom. The van der Waals surface area contributed by atoms with Crippen LogP contribution in [0.3, 0.4) is 0 Å². The zero-order valence-corrected chi connectivity index (χ0v) is 30.1. The van der Waals surface area contributed by atoms with Gasteiger partial charge in [0.15, 0.2) is 18.4 Å². The van der Waals surface area contributed by atoms with Crippen LogP contribution in [0.15, 0.2) is 18.0 Å². The van der Waals surface area contributed by atoms with E-state index in [2.05, 4.69) is 40.6 Å². The number of hydrogen-bond acceptors (Lipinski definition) is 11. The summed E-state index contributed by atoms with van der Waals surface area (Å²) in [6.07, 6.45) is 7.85. The first-order valence-electron chi connectivity index (χ1n) is 17.8. The number of ether oxygens (including phenoxy) is 2. The van der Waals surface area contributed by atoms with Gasteiger partial charge in [-0.2, -0.15) is 15.2 Å². The maximum Gasteiger partial charge on any atom is 0.323 e. The van der Waals surface area contributed by atoms with Crippen LogP contribution in [0.5, 0.6) is 17.6 Å². The van der Waals surface area contributed by atoms with Crippen molar-refractivity contribution in [3.05, 3.63) is 34.9 Å². The molecule has 14 heteroatoms. The second-order valence-electron chi connectivity index (χ2n) is 12.9. The summed E-state index contributed by atoms with van der Waals surface area (Å²) in [5.41, 5.74) is -0.597. The van der Waals surface area contributed by atoms with Gasteiger partial charge in [0.1, 0.15) is 40.4 Å². The van der Waals surface area contributed by atoms with Gasteiger partial charge in [0.2, 0.25) is 5.88 Å². The molecule has 2 atom stereocenters. The van der Waals surface area contributed by atoms with E-state index >= 15 is 4.39 Å². The number of hydrogen-bond donors (Lipinski definition) is 3. The zero-order valence-electron chi connectivity index (χ0n) is 30.1. The number of nitrogens with zero attached hydrogens (tertiary/aromatic N) is 6. The molecule has 3 aliphatic heterocycles. The number of alkyl halides is 1. The van der Waals surface area contributed by atoms with Crippen molar-refractivity contribution in [1.29, 1.82) is 5.26 Å². The third-order valence-electron chi connectivity index (χ3n) is 8.84. The fraction of sp³-hybridized carbons (Fsp3) is 0.568. The zero-order chi connectivity index (χ0) is 37.2. The average Bonchev–Trinajstić information content (AvgIpc) is 3.67. The van der Waals surface area contributed by atoms with E-state index in [0.29, 0.717) is 24.7 Å². The summed E-state index contributed by atoms with van der Waals surface area (Å²) >= 11 is 0. The smallest absolute Gasteiger partial charge is 0.323 e. The van der Waals surface area contributed by atoms with Gasteiger partial charge in [-0.05, 0) is 63.3 Å². The van der Waals surface area contributed by atoms with E-state index < -0.39 is 30.3 Å². The lowest BCUT2D eigenvalue weighted by Gasteiger charge is -2.30. The van der Waals surface area contributed by atoms with Crippen LogP contribution in [-0.2, 0) is 0 Å². The highest BCUT2D eigenvalue weighted by molar-refractivity contribution is 5.99. The van der Waals surface area contributed by atoms with Gasteiger partial charge in [0.05, 0.1) is 5.57 Å². The van der Waals surface area contributed by atoms with Crippen LogP contribution in [0.1, 0.15) is 96.6 Å². The largest absolute Gasteiger partial charge is 0.508 e. The Labute approximate surface area is 297 Å². The Kier molecular flexibility index (Phi) is 14.2. The Bertz CT molecular complexity index is 1720. The third kappa shape index (κ3) is 9.38. The lowest BCUT2D eigenvalue weighted by molar-refractivity contribution is -0.183. The van der Waals surface area contributed by atoms with E-state index in [-0.39, 0.29) is 63.9 Å². The summed E-state index contributed by atoms with van der Waals surface area (Å²) in [6.45, 7) is 9.59. The van der Waals surface area contributed by atoms with Gasteiger partial charge < -0.3 is 29.7 Å². The second-order valence-corrected chi connectivity index (χ2v) is 12.9. The van der Waals surface area contributed by atoms with Crippen molar-refractivity contribution >= 4 is 22.3 Å². The number of aryl methyl sites for hydroxylation is 1. The number of anilines is 1. The highest BCUT2D eigenvalue weighted by Crippen LogP contribution is 2.43. The van der Waals surface area contributed by atoms with Gasteiger partial charge in [-0.1, -0.05) is 53.4 Å². The van der Waals surface area contributed by atoms with Crippen molar-refractivity contribution in [3.8, 4) is 35.0 Å². The number of aromatic hydroxyl groups is 1. The summed E-state index contributed by atoms with van der Waals surface area (Å²) in [5, 5.41) is 38.9. The molecule has 11 nitrogen and oxygen atoms in total. The average molecular weight is 715 g/mol. The van der Waals surface area contributed by atoms with Crippen molar-refractivity contribution in [1.82, 2.24) is 19.9 Å². The lowest BCUT2D eigenvalue weighted by Crippen LogP contribution is -2.33. The molecule has 0 bridgehead atoms. The molecule has 0 saturated carbocycles. The highest BCUT2D eigenvalue weighted by Gasteiger charge is 2.35. The number of benzene rings is 1. The van der Waals surface area contributed by atoms with E-state index in [1.807, 2.05) is 6.07 Å². The topological polar surface area (TPSA) is 148 Å². The van der Waals surface area contributed by atoms with Crippen LogP contribution >= 0.6 is 0 Å². The van der Waals surface area contributed by atoms with Gasteiger partial charge in [-0.15, -0.1) is 0 Å². The lowest BCUT2D eigenvalue weighted by atomic mass is 9.91. The molecule has 0 spiro atoms. The van der Waals surface area contributed by atoms with E-state index in [1.54, 1.807) is 18.7 Å². The molecule has 0 radical (unpaired) electrons. The molecule has 3 aromatic rings.